The first kappa shape index (κ1) is 17.3. The van der Waals surface area contributed by atoms with Crippen molar-refractivity contribution in [3.8, 4) is 5.82 Å². The van der Waals surface area contributed by atoms with Crippen molar-refractivity contribution in [3.05, 3.63) is 47.3 Å². The summed E-state index contributed by atoms with van der Waals surface area (Å²) in [5, 5.41) is 19.3. The predicted molar refractivity (Wildman–Crippen MR) is 93.8 cm³/mol. The fourth-order valence-electron chi connectivity index (χ4n) is 2.39. The second-order valence-corrected chi connectivity index (χ2v) is 5.87. The Balaban J connectivity index is 1.88. The molecule has 3 rings (SSSR count). The molecule has 0 aliphatic heterocycles. The van der Waals surface area contributed by atoms with Crippen molar-refractivity contribution in [3.63, 3.8) is 0 Å². The van der Waals surface area contributed by atoms with Gasteiger partial charge in [-0.2, -0.15) is 9.78 Å². The zero-order valence-electron chi connectivity index (χ0n) is 14.5. The molecule has 2 heterocycles. The Morgan fingerprint density at radius 3 is 2.62 bits per heavy atom. The second-order valence-electron chi connectivity index (χ2n) is 5.87. The van der Waals surface area contributed by atoms with Gasteiger partial charge in [0.25, 0.3) is 5.91 Å². The summed E-state index contributed by atoms with van der Waals surface area (Å²) in [7, 11) is 0. The number of amides is 1. The van der Waals surface area contributed by atoms with Crippen molar-refractivity contribution < 1.29 is 9.42 Å². The zero-order chi connectivity index (χ0) is 18.7. The van der Waals surface area contributed by atoms with E-state index in [1.54, 1.807) is 6.92 Å². The molecule has 0 saturated carbocycles. The Kier molecular flexibility index (Phi) is 4.74. The van der Waals surface area contributed by atoms with Crippen molar-refractivity contribution in [1.82, 2.24) is 30.7 Å². The first-order valence-electron chi connectivity index (χ1n) is 7.93. The highest BCUT2D eigenvalue weighted by Crippen LogP contribution is 2.22. The van der Waals surface area contributed by atoms with Crippen LogP contribution in [0, 0.1) is 0 Å². The van der Waals surface area contributed by atoms with Crippen LogP contribution in [0.3, 0.4) is 0 Å². The molecule has 3 N–H and O–H groups in total. The van der Waals surface area contributed by atoms with E-state index in [0.29, 0.717) is 11.4 Å². The molecule has 0 unspecified atom stereocenters. The molecule has 10 nitrogen and oxygen atoms in total. The summed E-state index contributed by atoms with van der Waals surface area (Å²) in [6, 6.07) is 9.51. The van der Waals surface area contributed by atoms with Crippen LogP contribution in [0.25, 0.3) is 5.82 Å². The Hall–Kier alpha value is -3.56. The van der Waals surface area contributed by atoms with Crippen molar-refractivity contribution >= 4 is 17.4 Å². The number of rotatable bonds is 5. The lowest BCUT2D eigenvalue weighted by Crippen LogP contribution is -2.22. The second kappa shape index (κ2) is 7.13. The van der Waals surface area contributed by atoms with Crippen molar-refractivity contribution in [2.24, 2.45) is 5.10 Å². The van der Waals surface area contributed by atoms with Gasteiger partial charge in [0.1, 0.15) is 0 Å². The Morgan fingerprint density at radius 2 is 2.00 bits per heavy atom. The number of benzene rings is 1. The average Bonchev–Trinajstić information content (AvgIpc) is 3.25. The lowest BCUT2D eigenvalue weighted by Gasteiger charge is -2.08. The number of anilines is 1. The topological polar surface area (TPSA) is 137 Å². The molecule has 26 heavy (non-hydrogen) atoms. The highest BCUT2D eigenvalue weighted by Gasteiger charge is 2.25. The van der Waals surface area contributed by atoms with Gasteiger partial charge in [0.15, 0.2) is 5.69 Å². The molecule has 0 atom stereocenters. The summed E-state index contributed by atoms with van der Waals surface area (Å²) < 4.78 is 5.94. The number of hydrogen-bond donors (Lipinski definition) is 2. The maximum Gasteiger partial charge on any atom is 0.293 e. The minimum atomic E-state index is -0.481. The first-order chi connectivity index (χ1) is 12.5. The van der Waals surface area contributed by atoms with Gasteiger partial charge < -0.3 is 5.73 Å². The highest BCUT2D eigenvalue weighted by atomic mass is 16.6. The molecular weight excluding hydrogens is 336 g/mol. The zero-order valence-corrected chi connectivity index (χ0v) is 14.5. The van der Waals surface area contributed by atoms with E-state index >= 15 is 0 Å². The Morgan fingerprint density at radius 1 is 1.27 bits per heavy atom. The van der Waals surface area contributed by atoms with Gasteiger partial charge >= 0.3 is 0 Å². The molecule has 0 aliphatic carbocycles. The van der Waals surface area contributed by atoms with Crippen molar-refractivity contribution in [2.45, 2.75) is 26.7 Å². The molecule has 0 radical (unpaired) electrons. The van der Waals surface area contributed by atoms with Crippen LogP contribution in [-0.4, -0.2) is 36.9 Å². The fourth-order valence-corrected chi connectivity index (χ4v) is 2.39. The third-order valence-electron chi connectivity index (χ3n) is 3.68. The van der Waals surface area contributed by atoms with E-state index in [1.165, 1.54) is 4.68 Å². The SMILES string of the molecule is C/C(=N\NC(=O)c1nnn(-c2nonc2N)c1C(C)C)c1ccccc1. The smallest absolute Gasteiger partial charge is 0.293 e. The Labute approximate surface area is 149 Å². The van der Waals surface area contributed by atoms with Crippen molar-refractivity contribution in [2.75, 3.05) is 5.73 Å². The van der Waals surface area contributed by atoms with E-state index in [9.17, 15) is 4.79 Å². The third-order valence-corrected chi connectivity index (χ3v) is 3.68. The summed E-state index contributed by atoms with van der Waals surface area (Å²) in [5.74, 6) is -0.322. The molecular formula is C16H18N8O2. The van der Waals surface area contributed by atoms with E-state index in [1.807, 2.05) is 44.2 Å². The number of carbonyl (C=O) groups excluding carboxylic acids is 1. The molecule has 134 valence electrons. The van der Waals surface area contributed by atoms with Crippen LogP contribution in [0.5, 0.6) is 0 Å². The maximum atomic E-state index is 12.5. The largest absolute Gasteiger partial charge is 0.378 e. The minimum absolute atomic E-state index is 0.0571. The van der Waals surface area contributed by atoms with Crippen molar-refractivity contribution in [1.29, 1.82) is 0 Å². The molecule has 1 aromatic carbocycles. The molecule has 0 aliphatic rings. The summed E-state index contributed by atoms with van der Waals surface area (Å²) in [6.45, 7) is 5.60. The Bertz CT molecular complexity index is 942. The van der Waals surface area contributed by atoms with Crippen LogP contribution in [-0.2, 0) is 0 Å². The molecule has 0 spiro atoms. The molecule has 2 aromatic heterocycles. The first-order valence-corrected chi connectivity index (χ1v) is 7.93. The van der Waals surface area contributed by atoms with Gasteiger partial charge in [-0.3, -0.25) is 4.79 Å². The molecule has 0 fully saturated rings. The maximum absolute atomic E-state index is 12.5. The van der Waals surface area contributed by atoms with E-state index in [2.05, 4.69) is 35.8 Å². The number of aromatic nitrogens is 5. The van der Waals surface area contributed by atoms with Crippen LogP contribution in [0.15, 0.2) is 40.1 Å². The van der Waals surface area contributed by atoms with Gasteiger partial charge in [-0.1, -0.05) is 49.4 Å². The third kappa shape index (κ3) is 3.29. The highest BCUT2D eigenvalue weighted by molar-refractivity contribution is 6.00. The van der Waals surface area contributed by atoms with Gasteiger partial charge in [0, 0.05) is 0 Å². The quantitative estimate of drug-likeness (QED) is 0.523. The number of nitrogens with one attached hydrogen (secondary N) is 1. The predicted octanol–water partition coefficient (Wildman–Crippen LogP) is 1.51. The van der Waals surface area contributed by atoms with E-state index in [4.69, 9.17) is 5.73 Å². The summed E-state index contributed by atoms with van der Waals surface area (Å²) in [6.07, 6.45) is 0. The fraction of sp³-hybridized carbons (Fsp3) is 0.250. The number of carbonyl (C=O) groups is 1. The van der Waals surface area contributed by atoms with Gasteiger partial charge in [-0.05, 0) is 28.7 Å². The van der Waals surface area contributed by atoms with E-state index < -0.39 is 5.91 Å². The number of nitrogen functional groups attached to an aromatic ring is 1. The number of hydrazone groups is 1. The summed E-state index contributed by atoms with van der Waals surface area (Å²) >= 11 is 0. The van der Waals surface area contributed by atoms with Gasteiger partial charge in [0.2, 0.25) is 11.6 Å². The minimum Gasteiger partial charge on any atom is -0.378 e. The van der Waals surface area contributed by atoms with Gasteiger partial charge in [-0.25, -0.2) is 10.1 Å². The van der Waals surface area contributed by atoms with Crippen LogP contribution in [0.1, 0.15) is 48.4 Å². The van der Waals surface area contributed by atoms with Gasteiger partial charge in [-0.15, -0.1) is 5.10 Å². The molecule has 1 amide bonds. The van der Waals surface area contributed by atoms with E-state index in [-0.39, 0.29) is 23.2 Å². The number of nitrogens with zero attached hydrogens (tertiary/aromatic N) is 6. The molecule has 3 aromatic rings. The lowest BCUT2D eigenvalue weighted by molar-refractivity contribution is 0.0948. The van der Waals surface area contributed by atoms with Crippen LogP contribution in [0.2, 0.25) is 0 Å². The van der Waals surface area contributed by atoms with Crippen LogP contribution >= 0.6 is 0 Å². The molecule has 10 heteroatoms. The normalized spacial score (nSPS) is 11.8. The lowest BCUT2D eigenvalue weighted by atomic mass is 10.1. The molecule has 0 bridgehead atoms. The molecule has 0 saturated heterocycles. The van der Waals surface area contributed by atoms with E-state index in [0.717, 1.165) is 5.56 Å². The standard InChI is InChI=1S/C16H18N8O2/c1-9(2)13-12(19-23-24(13)15-14(17)21-26-22-15)16(25)20-18-10(3)11-7-5-4-6-8-11/h4-9H,1-3H3,(H2,17,21)(H,20,25)/b18-10+. The number of nitrogens with two attached hydrogens (primary N) is 1. The van der Waals surface area contributed by atoms with Gasteiger partial charge in [0.05, 0.1) is 11.4 Å². The summed E-state index contributed by atoms with van der Waals surface area (Å²) in [4.78, 5) is 12.5. The monoisotopic (exact) mass is 354 g/mol. The number of hydrogen-bond acceptors (Lipinski definition) is 8. The summed E-state index contributed by atoms with van der Waals surface area (Å²) in [5.41, 5.74) is 10.5. The van der Waals surface area contributed by atoms with Crippen LogP contribution < -0.4 is 11.2 Å². The average molecular weight is 354 g/mol. The van der Waals surface area contributed by atoms with Crippen LogP contribution in [0.4, 0.5) is 5.82 Å².